The molecule has 0 atom stereocenters. The minimum absolute atomic E-state index is 0.0744. The maximum Gasteiger partial charge on any atom is 0.319 e. The number of aliphatic hydroxyl groups is 1. The van der Waals surface area contributed by atoms with E-state index in [-0.39, 0.29) is 17.8 Å². The van der Waals surface area contributed by atoms with Gasteiger partial charge in [-0.2, -0.15) is 0 Å². The molecule has 3 N–H and O–H groups in total. The summed E-state index contributed by atoms with van der Waals surface area (Å²) in [5, 5.41) is 14.4. The summed E-state index contributed by atoms with van der Waals surface area (Å²) < 4.78 is 18.7. The van der Waals surface area contributed by atoms with Gasteiger partial charge in [0.25, 0.3) is 0 Å². The van der Waals surface area contributed by atoms with Crippen LogP contribution in [0.3, 0.4) is 0 Å². The van der Waals surface area contributed by atoms with Crippen LogP contribution in [-0.4, -0.2) is 30.9 Å². The highest BCUT2D eigenvalue weighted by Crippen LogP contribution is 2.44. The van der Waals surface area contributed by atoms with Crippen molar-refractivity contribution < 1.29 is 19.0 Å². The van der Waals surface area contributed by atoms with E-state index in [9.17, 15) is 9.18 Å². The van der Waals surface area contributed by atoms with Crippen LogP contribution in [0.25, 0.3) is 0 Å². The largest absolute Gasteiger partial charge is 0.491 e. The van der Waals surface area contributed by atoms with Gasteiger partial charge < -0.3 is 20.5 Å². The number of aliphatic hydroxyl groups excluding tert-OH is 1. The predicted octanol–water partition coefficient (Wildman–Crippen LogP) is 2.12. The third-order valence-corrected chi connectivity index (χ3v) is 3.41. The smallest absolute Gasteiger partial charge is 0.319 e. The molecule has 0 unspecified atom stereocenters. The second-order valence-electron chi connectivity index (χ2n) is 5.04. The van der Waals surface area contributed by atoms with E-state index >= 15 is 0 Å². The normalized spacial score (nSPS) is 15.6. The number of halogens is 1. The highest BCUT2D eigenvalue weighted by Gasteiger charge is 2.42. The third kappa shape index (κ3) is 3.60. The molecule has 1 saturated carbocycles. The minimum atomic E-state index is -0.515. The lowest BCUT2D eigenvalue weighted by molar-refractivity contribution is 0.206. The predicted molar refractivity (Wildman–Crippen MR) is 73.3 cm³/mol. The number of nitrogens with one attached hydrogen (secondary N) is 2. The fourth-order valence-corrected chi connectivity index (χ4v) is 1.86. The molecule has 0 aromatic heterocycles. The first-order valence-electron chi connectivity index (χ1n) is 6.67. The van der Waals surface area contributed by atoms with Crippen molar-refractivity contribution in [2.75, 3.05) is 25.1 Å². The van der Waals surface area contributed by atoms with Crippen LogP contribution in [0.1, 0.15) is 19.8 Å². The molecule has 0 heterocycles. The van der Waals surface area contributed by atoms with Crippen molar-refractivity contribution in [3.63, 3.8) is 0 Å². The summed E-state index contributed by atoms with van der Waals surface area (Å²) in [5.74, 6) is -0.352. The monoisotopic (exact) mass is 282 g/mol. The lowest BCUT2D eigenvalue weighted by Crippen LogP contribution is -2.35. The summed E-state index contributed by atoms with van der Waals surface area (Å²) in [7, 11) is 0. The first kappa shape index (κ1) is 14.6. The Balaban J connectivity index is 1.86. The Morgan fingerprint density at radius 2 is 2.25 bits per heavy atom. The average molecular weight is 282 g/mol. The summed E-state index contributed by atoms with van der Waals surface area (Å²) in [6.45, 7) is 2.65. The van der Waals surface area contributed by atoms with Gasteiger partial charge in [-0.25, -0.2) is 9.18 Å². The number of carbonyl (C=O) groups is 1. The molecule has 20 heavy (non-hydrogen) atoms. The molecule has 110 valence electrons. The number of urea groups is 1. The second-order valence-corrected chi connectivity index (χ2v) is 5.04. The van der Waals surface area contributed by atoms with Crippen LogP contribution in [0, 0.1) is 11.2 Å². The topological polar surface area (TPSA) is 70.6 Å². The van der Waals surface area contributed by atoms with E-state index in [1.165, 1.54) is 12.1 Å². The van der Waals surface area contributed by atoms with Crippen molar-refractivity contribution in [2.45, 2.75) is 19.8 Å². The number of amides is 2. The maximum atomic E-state index is 13.6. The van der Waals surface area contributed by atoms with E-state index in [4.69, 9.17) is 9.84 Å². The van der Waals surface area contributed by atoms with Crippen molar-refractivity contribution in [3.05, 3.63) is 24.0 Å². The lowest BCUT2D eigenvalue weighted by atomic mass is 10.1. The summed E-state index contributed by atoms with van der Waals surface area (Å²) >= 11 is 0. The van der Waals surface area contributed by atoms with E-state index in [2.05, 4.69) is 10.6 Å². The van der Waals surface area contributed by atoms with Gasteiger partial charge in [0, 0.05) is 23.7 Å². The number of anilines is 1. The summed E-state index contributed by atoms with van der Waals surface area (Å²) in [4.78, 5) is 11.7. The first-order chi connectivity index (χ1) is 9.58. The third-order valence-electron chi connectivity index (χ3n) is 3.41. The van der Waals surface area contributed by atoms with Gasteiger partial charge in [0.1, 0.15) is 0 Å². The summed E-state index contributed by atoms with van der Waals surface area (Å²) in [5.41, 5.74) is 0.207. The van der Waals surface area contributed by atoms with Crippen LogP contribution in [0.4, 0.5) is 14.9 Å². The molecule has 5 nitrogen and oxygen atoms in total. The van der Waals surface area contributed by atoms with E-state index in [0.717, 1.165) is 12.8 Å². The average Bonchev–Trinajstić information content (AvgIpc) is 3.21. The fourth-order valence-electron chi connectivity index (χ4n) is 1.86. The van der Waals surface area contributed by atoms with E-state index in [1.54, 1.807) is 13.0 Å². The highest BCUT2D eigenvalue weighted by atomic mass is 19.1. The van der Waals surface area contributed by atoms with Gasteiger partial charge in [0.2, 0.25) is 0 Å². The Bertz CT molecular complexity index is 489. The molecule has 2 rings (SSSR count). The van der Waals surface area contributed by atoms with Gasteiger partial charge in [0.05, 0.1) is 13.2 Å². The highest BCUT2D eigenvalue weighted by molar-refractivity contribution is 5.89. The molecule has 1 aromatic carbocycles. The number of carbonyl (C=O) groups excluding carboxylic acids is 1. The Morgan fingerprint density at radius 3 is 2.80 bits per heavy atom. The molecule has 0 saturated heterocycles. The zero-order chi connectivity index (χ0) is 14.6. The Hall–Kier alpha value is -1.82. The zero-order valence-electron chi connectivity index (χ0n) is 11.4. The van der Waals surface area contributed by atoms with E-state index in [0.29, 0.717) is 18.8 Å². The molecule has 0 aliphatic heterocycles. The van der Waals surface area contributed by atoms with E-state index < -0.39 is 11.8 Å². The molecule has 1 aliphatic carbocycles. The Labute approximate surface area is 117 Å². The van der Waals surface area contributed by atoms with Crippen LogP contribution < -0.4 is 15.4 Å². The van der Waals surface area contributed by atoms with Crippen LogP contribution in [-0.2, 0) is 0 Å². The van der Waals surface area contributed by atoms with Crippen molar-refractivity contribution in [2.24, 2.45) is 5.41 Å². The van der Waals surface area contributed by atoms with Crippen molar-refractivity contribution in [1.29, 1.82) is 0 Å². The Morgan fingerprint density at radius 1 is 1.50 bits per heavy atom. The van der Waals surface area contributed by atoms with Crippen molar-refractivity contribution >= 4 is 11.7 Å². The quantitative estimate of drug-likeness (QED) is 0.748. The molecule has 0 spiro atoms. The molecule has 1 aliphatic rings. The van der Waals surface area contributed by atoms with Crippen LogP contribution >= 0.6 is 0 Å². The molecule has 1 fully saturated rings. The second kappa shape index (κ2) is 6.09. The van der Waals surface area contributed by atoms with Crippen LogP contribution in [0.5, 0.6) is 5.75 Å². The molecule has 6 heteroatoms. The number of rotatable bonds is 6. The summed E-state index contributed by atoms with van der Waals surface area (Å²) in [6, 6.07) is 3.86. The molecule has 0 radical (unpaired) electrons. The van der Waals surface area contributed by atoms with E-state index in [1.807, 2.05) is 0 Å². The minimum Gasteiger partial charge on any atom is -0.491 e. The summed E-state index contributed by atoms with van der Waals surface area (Å²) in [6.07, 6.45) is 1.84. The number of ether oxygens (including phenoxy) is 1. The van der Waals surface area contributed by atoms with Gasteiger partial charge in [-0.05, 0) is 31.9 Å². The Kier molecular flexibility index (Phi) is 4.44. The molecular weight excluding hydrogens is 263 g/mol. The van der Waals surface area contributed by atoms with Crippen LogP contribution in [0.2, 0.25) is 0 Å². The zero-order valence-corrected chi connectivity index (χ0v) is 11.4. The first-order valence-corrected chi connectivity index (χ1v) is 6.67. The maximum absolute atomic E-state index is 13.6. The molecule has 0 bridgehead atoms. The fraction of sp³-hybridized carbons (Fsp3) is 0.500. The molecule has 2 amide bonds. The molecule has 1 aromatic rings. The van der Waals surface area contributed by atoms with Gasteiger partial charge >= 0.3 is 6.03 Å². The van der Waals surface area contributed by atoms with Crippen LogP contribution in [0.15, 0.2) is 18.2 Å². The van der Waals surface area contributed by atoms with Crippen molar-refractivity contribution in [3.8, 4) is 5.75 Å². The van der Waals surface area contributed by atoms with Gasteiger partial charge in [-0.15, -0.1) is 0 Å². The van der Waals surface area contributed by atoms with Gasteiger partial charge in [-0.3, -0.25) is 0 Å². The lowest BCUT2D eigenvalue weighted by Gasteiger charge is -2.13. The standard InChI is InChI=1S/C14H19FN2O3/c1-2-20-12-4-3-10(7-11(12)15)17-13(19)16-8-14(9-18)5-6-14/h3-4,7,18H,2,5-6,8-9H2,1H3,(H2,16,17,19). The molecular formula is C14H19FN2O3. The number of hydrogen-bond acceptors (Lipinski definition) is 3. The van der Waals surface area contributed by atoms with Gasteiger partial charge in [0.15, 0.2) is 11.6 Å². The van der Waals surface area contributed by atoms with Crippen molar-refractivity contribution in [1.82, 2.24) is 5.32 Å². The van der Waals surface area contributed by atoms with Gasteiger partial charge in [-0.1, -0.05) is 0 Å². The SMILES string of the molecule is CCOc1ccc(NC(=O)NCC2(CO)CC2)cc1F. The number of hydrogen-bond donors (Lipinski definition) is 3. The number of benzene rings is 1.